The molecular formula is C22H37ClO2. The molecule has 0 radical (unpaired) electrons. The van der Waals surface area contributed by atoms with E-state index in [0.717, 1.165) is 31.2 Å². The number of phenolic OH excluding ortho intramolecular Hbond substituents is 2. The van der Waals surface area contributed by atoms with Crippen LogP contribution in [0, 0.1) is 0 Å². The van der Waals surface area contributed by atoms with Crippen molar-refractivity contribution in [3.05, 3.63) is 22.7 Å². The first-order valence-corrected chi connectivity index (χ1v) is 10.7. The third-order valence-electron chi connectivity index (χ3n) is 5.10. The standard InChI is InChI=1S/C22H37ClO2/c1-3-5-7-8-9-10-11-12-13-15-18(14-6-4-2)19-16-22(25)20(23)17-21(19)24/h16-18,24-25H,3-15H2,1-2H3. The van der Waals surface area contributed by atoms with Gasteiger partial charge in [-0.25, -0.2) is 0 Å². The summed E-state index contributed by atoms with van der Waals surface area (Å²) < 4.78 is 0. The molecule has 1 unspecified atom stereocenters. The van der Waals surface area contributed by atoms with Gasteiger partial charge >= 0.3 is 0 Å². The minimum Gasteiger partial charge on any atom is -0.508 e. The van der Waals surface area contributed by atoms with E-state index in [1.807, 2.05) is 0 Å². The fourth-order valence-corrected chi connectivity index (χ4v) is 3.66. The second-order valence-corrected chi connectivity index (χ2v) is 7.73. The topological polar surface area (TPSA) is 40.5 Å². The van der Waals surface area contributed by atoms with Crippen LogP contribution in [0.1, 0.15) is 109 Å². The number of halogens is 1. The molecule has 3 heteroatoms. The van der Waals surface area contributed by atoms with Crippen molar-refractivity contribution in [2.75, 3.05) is 0 Å². The van der Waals surface area contributed by atoms with Gasteiger partial charge in [-0.2, -0.15) is 0 Å². The summed E-state index contributed by atoms with van der Waals surface area (Å²) in [6.07, 6.45) is 16.3. The molecule has 2 N–H and O–H groups in total. The molecule has 0 aliphatic heterocycles. The van der Waals surface area contributed by atoms with Crippen LogP contribution in [0.2, 0.25) is 5.02 Å². The number of benzene rings is 1. The maximum Gasteiger partial charge on any atom is 0.134 e. The lowest BCUT2D eigenvalue weighted by molar-refractivity contribution is 0.432. The normalized spacial score (nSPS) is 12.4. The van der Waals surface area contributed by atoms with E-state index in [9.17, 15) is 10.2 Å². The molecule has 0 aliphatic rings. The molecule has 2 nitrogen and oxygen atoms in total. The van der Waals surface area contributed by atoms with Gasteiger partial charge in [-0.15, -0.1) is 0 Å². The molecule has 0 saturated carbocycles. The number of hydrogen-bond donors (Lipinski definition) is 2. The zero-order chi connectivity index (χ0) is 18.5. The van der Waals surface area contributed by atoms with Crippen LogP contribution in [0.4, 0.5) is 0 Å². The first-order valence-electron chi connectivity index (χ1n) is 10.3. The quantitative estimate of drug-likeness (QED) is 0.258. The Balaban J connectivity index is 2.40. The van der Waals surface area contributed by atoms with Crippen LogP contribution < -0.4 is 0 Å². The monoisotopic (exact) mass is 368 g/mol. The van der Waals surface area contributed by atoms with Gasteiger partial charge in [0.15, 0.2) is 0 Å². The van der Waals surface area contributed by atoms with Gasteiger partial charge in [-0.1, -0.05) is 96.1 Å². The molecule has 25 heavy (non-hydrogen) atoms. The molecule has 1 aromatic rings. The highest BCUT2D eigenvalue weighted by molar-refractivity contribution is 6.32. The number of rotatable bonds is 14. The summed E-state index contributed by atoms with van der Waals surface area (Å²) in [6.45, 7) is 4.45. The van der Waals surface area contributed by atoms with Gasteiger partial charge in [-0.3, -0.25) is 0 Å². The van der Waals surface area contributed by atoms with Crippen LogP contribution in [0.15, 0.2) is 12.1 Å². The van der Waals surface area contributed by atoms with Crippen molar-refractivity contribution in [1.29, 1.82) is 0 Å². The molecule has 0 aromatic heterocycles. The van der Waals surface area contributed by atoms with E-state index < -0.39 is 0 Å². The van der Waals surface area contributed by atoms with Crippen molar-refractivity contribution in [2.45, 2.75) is 103 Å². The second-order valence-electron chi connectivity index (χ2n) is 7.32. The van der Waals surface area contributed by atoms with E-state index >= 15 is 0 Å². The lowest BCUT2D eigenvalue weighted by Gasteiger charge is -2.19. The Labute approximate surface area is 159 Å². The number of hydrogen-bond acceptors (Lipinski definition) is 2. The van der Waals surface area contributed by atoms with Gasteiger partial charge in [0.2, 0.25) is 0 Å². The minimum absolute atomic E-state index is 0.0723. The van der Waals surface area contributed by atoms with E-state index in [1.165, 1.54) is 63.9 Å². The van der Waals surface area contributed by atoms with Crippen LogP contribution in [-0.2, 0) is 0 Å². The molecule has 0 spiro atoms. The molecule has 0 amide bonds. The SMILES string of the molecule is CCCCCCCCCCCC(CCCC)c1cc(O)c(Cl)cc1O. The van der Waals surface area contributed by atoms with Crippen molar-refractivity contribution >= 4 is 11.6 Å². The average Bonchev–Trinajstić information content (AvgIpc) is 2.59. The summed E-state index contributed by atoms with van der Waals surface area (Å²) in [5.41, 5.74) is 0.856. The molecule has 144 valence electrons. The lowest BCUT2D eigenvalue weighted by atomic mass is 9.88. The van der Waals surface area contributed by atoms with E-state index in [2.05, 4.69) is 13.8 Å². The highest BCUT2D eigenvalue weighted by Gasteiger charge is 2.17. The number of phenols is 2. The Hall–Kier alpha value is -0.890. The van der Waals surface area contributed by atoms with Gasteiger partial charge in [-0.05, 0) is 24.8 Å². The predicted octanol–water partition coefficient (Wildman–Crippen LogP) is 7.95. The summed E-state index contributed by atoms with van der Waals surface area (Å²) in [7, 11) is 0. The first-order chi connectivity index (χ1) is 12.1. The molecule has 1 rings (SSSR count). The third-order valence-corrected chi connectivity index (χ3v) is 5.40. The Kier molecular flexibility index (Phi) is 11.8. The third kappa shape index (κ3) is 8.85. The van der Waals surface area contributed by atoms with Crippen LogP contribution in [0.25, 0.3) is 0 Å². The molecule has 1 aromatic carbocycles. The average molecular weight is 369 g/mol. The number of aromatic hydroxyl groups is 2. The van der Waals surface area contributed by atoms with E-state index in [1.54, 1.807) is 6.07 Å². The minimum atomic E-state index is 0.0723. The largest absolute Gasteiger partial charge is 0.508 e. The molecule has 0 bridgehead atoms. The molecule has 0 aliphatic carbocycles. The van der Waals surface area contributed by atoms with E-state index in [0.29, 0.717) is 5.92 Å². The van der Waals surface area contributed by atoms with Gasteiger partial charge in [0.1, 0.15) is 11.5 Å². The smallest absolute Gasteiger partial charge is 0.134 e. The van der Waals surface area contributed by atoms with Gasteiger partial charge in [0, 0.05) is 11.6 Å². The fraction of sp³-hybridized carbons (Fsp3) is 0.727. The molecule has 1 atom stereocenters. The molecule has 0 saturated heterocycles. The lowest BCUT2D eigenvalue weighted by Crippen LogP contribution is -2.00. The molecule has 0 fully saturated rings. The maximum absolute atomic E-state index is 10.2. The maximum atomic E-state index is 10.2. The van der Waals surface area contributed by atoms with Crippen molar-refractivity contribution in [2.24, 2.45) is 0 Å². The van der Waals surface area contributed by atoms with Crippen molar-refractivity contribution in [3.8, 4) is 11.5 Å². The van der Waals surface area contributed by atoms with Crippen molar-refractivity contribution in [1.82, 2.24) is 0 Å². The van der Waals surface area contributed by atoms with E-state index in [-0.39, 0.29) is 16.5 Å². The van der Waals surface area contributed by atoms with Crippen LogP contribution >= 0.6 is 11.6 Å². The van der Waals surface area contributed by atoms with Crippen LogP contribution in [0.5, 0.6) is 11.5 Å². The molecular weight excluding hydrogens is 332 g/mol. The summed E-state index contributed by atoms with van der Waals surface area (Å²) in [6, 6.07) is 3.13. The Morgan fingerprint density at radius 2 is 1.24 bits per heavy atom. The summed E-state index contributed by atoms with van der Waals surface area (Å²) in [5.74, 6) is 0.607. The molecule has 0 heterocycles. The Morgan fingerprint density at radius 3 is 1.84 bits per heavy atom. The van der Waals surface area contributed by atoms with Gasteiger partial charge in [0.25, 0.3) is 0 Å². The summed E-state index contributed by atoms with van der Waals surface area (Å²) >= 11 is 5.89. The predicted molar refractivity (Wildman–Crippen MR) is 109 cm³/mol. The first kappa shape index (κ1) is 22.2. The summed E-state index contributed by atoms with van der Waals surface area (Å²) in [4.78, 5) is 0. The van der Waals surface area contributed by atoms with Crippen LogP contribution in [-0.4, -0.2) is 10.2 Å². The van der Waals surface area contributed by atoms with Gasteiger partial charge in [0.05, 0.1) is 5.02 Å². The second kappa shape index (κ2) is 13.3. The highest BCUT2D eigenvalue weighted by Crippen LogP contribution is 2.39. The van der Waals surface area contributed by atoms with E-state index in [4.69, 9.17) is 11.6 Å². The van der Waals surface area contributed by atoms with Crippen LogP contribution in [0.3, 0.4) is 0 Å². The summed E-state index contributed by atoms with van der Waals surface area (Å²) in [5, 5.41) is 20.3. The fourth-order valence-electron chi connectivity index (χ4n) is 3.50. The zero-order valence-electron chi connectivity index (χ0n) is 16.2. The Morgan fingerprint density at radius 1 is 0.720 bits per heavy atom. The van der Waals surface area contributed by atoms with Crippen molar-refractivity contribution in [3.63, 3.8) is 0 Å². The zero-order valence-corrected chi connectivity index (χ0v) is 17.0. The Bertz CT molecular complexity index is 473. The van der Waals surface area contributed by atoms with Gasteiger partial charge < -0.3 is 10.2 Å². The highest BCUT2D eigenvalue weighted by atomic mass is 35.5. The number of unbranched alkanes of at least 4 members (excludes halogenated alkanes) is 9. The van der Waals surface area contributed by atoms with Crippen molar-refractivity contribution < 1.29 is 10.2 Å².